The third kappa shape index (κ3) is 3.52. The molecule has 4 rings (SSSR count). The fraction of sp³-hybridized carbons (Fsp3) is 0.211. The number of hydrogen-bond donors (Lipinski definition) is 2. The molecule has 0 bridgehead atoms. The van der Waals surface area contributed by atoms with Crippen molar-refractivity contribution in [3.63, 3.8) is 0 Å². The van der Waals surface area contributed by atoms with Gasteiger partial charge < -0.3 is 14.8 Å². The largest absolute Gasteiger partial charge is 0.506 e. The van der Waals surface area contributed by atoms with E-state index in [0.717, 1.165) is 29.4 Å². The summed E-state index contributed by atoms with van der Waals surface area (Å²) in [6.45, 7) is 0.411. The van der Waals surface area contributed by atoms with Gasteiger partial charge >= 0.3 is 5.63 Å². The van der Waals surface area contributed by atoms with Crippen LogP contribution in [0.15, 0.2) is 51.7 Å². The standard InChI is InChI=1S/C19H16ClNO3.ClH/c20-16-8-14-13(11-4-2-1-3-5-11)9-17(22)24-19(14)15(18(16)23)10-21-12-6-7-12;/h1-5,8-9,12,21,23H,6-7,10H2;1H. The van der Waals surface area contributed by atoms with Crippen molar-refractivity contribution in [2.24, 2.45) is 0 Å². The fourth-order valence-corrected chi connectivity index (χ4v) is 3.09. The SMILES string of the molecule is Cl.O=c1cc(-c2ccccc2)c2cc(Cl)c(O)c(CNC3CC3)c2o1. The predicted octanol–water partition coefficient (Wildman–Crippen LogP) is 4.49. The van der Waals surface area contributed by atoms with Gasteiger partial charge in [-0.2, -0.15) is 0 Å². The van der Waals surface area contributed by atoms with Gasteiger partial charge in [0.25, 0.3) is 0 Å². The first kappa shape index (κ1) is 17.8. The zero-order valence-electron chi connectivity index (χ0n) is 13.3. The average molecular weight is 378 g/mol. The normalized spacial score (nSPS) is 13.6. The summed E-state index contributed by atoms with van der Waals surface area (Å²) >= 11 is 6.23. The maximum Gasteiger partial charge on any atom is 0.336 e. The molecular formula is C19H17Cl2NO3. The molecule has 3 aromatic rings. The Morgan fingerprint density at radius 1 is 1.20 bits per heavy atom. The molecule has 0 atom stereocenters. The number of fused-ring (bicyclic) bond motifs is 1. The lowest BCUT2D eigenvalue weighted by Gasteiger charge is -2.13. The van der Waals surface area contributed by atoms with Crippen LogP contribution < -0.4 is 10.9 Å². The molecular weight excluding hydrogens is 361 g/mol. The van der Waals surface area contributed by atoms with E-state index in [4.69, 9.17) is 16.0 Å². The van der Waals surface area contributed by atoms with E-state index in [2.05, 4.69) is 5.32 Å². The molecule has 0 amide bonds. The van der Waals surface area contributed by atoms with Crippen molar-refractivity contribution in [1.82, 2.24) is 5.32 Å². The van der Waals surface area contributed by atoms with Crippen LogP contribution in [0.5, 0.6) is 5.75 Å². The van der Waals surface area contributed by atoms with Crippen molar-refractivity contribution in [3.8, 4) is 16.9 Å². The van der Waals surface area contributed by atoms with Crippen molar-refractivity contribution >= 4 is 35.0 Å². The maximum absolute atomic E-state index is 12.1. The van der Waals surface area contributed by atoms with E-state index in [1.807, 2.05) is 30.3 Å². The van der Waals surface area contributed by atoms with E-state index in [1.54, 1.807) is 6.07 Å². The summed E-state index contributed by atoms with van der Waals surface area (Å²) in [7, 11) is 0. The number of nitrogens with one attached hydrogen (secondary N) is 1. The summed E-state index contributed by atoms with van der Waals surface area (Å²) in [5.74, 6) is -0.0364. The van der Waals surface area contributed by atoms with E-state index >= 15 is 0 Å². The molecule has 25 heavy (non-hydrogen) atoms. The molecule has 1 aliphatic carbocycles. The fourth-order valence-electron chi connectivity index (χ4n) is 2.87. The molecule has 0 aliphatic heterocycles. The van der Waals surface area contributed by atoms with Gasteiger partial charge in [-0.15, -0.1) is 12.4 Å². The monoisotopic (exact) mass is 377 g/mol. The zero-order valence-corrected chi connectivity index (χ0v) is 14.9. The van der Waals surface area contributed by atoms with E-state index in [1.165, 1.54) is 6.07 Å². The van der Waals surface area contributed by atoms with Gasteiger partial charge in [-0.3, -0.25) is 0 Å². The van der Waals surface area contributed by atoms with E-state index < -0.39 is 5.63 Å². The quantitative estimate of drug-likeness (QED) is 0.657. The van der Waals surface area contributed by atoms with Gasteiger partial charge in [-0.25, -0.2) is 4.79 Å². The molecule has 1 aromatic heterocycles. The van der Waals surface area contributed by atoms with Crippen molar-refractivity contribution in [2.45, 2.75) is 25.4 Å². The predicted molar refractivity (Wildman–Crippen MR) is 102 cm³/mol. The summed E-state index contributed by atoms with van der Waals surface area (Å²) in [5.41, 5.74) is 2.11. The number of aromatic hydroxyl groups is 1. The number of rotatable bonds is 4. The van der Waals surface area contributed by atoms with Gasteiger partial charge in [0.05, 0.1) is 10.6 Å². The minimum atomic E-state index is -0.448. The molecule has 0 spiro atoms. The number of phenols is 1. The Hall–Kier alpha value is -2.01. The second kappa shape index (κ2) is 7.08. The van der Waals surface area contributed by atoms with Gasteiger partial charge in [-0.1, -0.05) is 41.9 Å². The van der Waals surface area contributed by atoms with Gasteiger partial charge in [0.1, 0.15) is 11.3 Å². The molecule has 1 saturated carbocycles. The second-order valence-electron chi connectivity index (χ2n) is 6.06. The first-order valence-corrected chi connectivity index (χ1v) is 8.28. The molecule has 4 nitrogen and oxygen atoms in total. The van der Waals surface area contributed by atoms with Crippen LogP contribution in [-0.4, -0.2) is 11.1 Å². The van der Waals surface area contributed by atoms with Crippen molar-refractivity contribution in [2.75, 3.05) is 0 Å². The van der Waals surface area contributed by atoms with Crippen LogP contribution >= 0.6 is 24.0 Å². The lowest BCUT2D eigenvalue weighted by atomic mass is 9.99. The first-order valence-electron chi connectivity index (χ1n) is 7.90. The molecule has 0 radical (unpaired) electrons. The Morgan fingerprint density at radius 2 is 1.92 bits per heavy atom. The van der Waals surface area contributed by atoms with Gasteiger partial charge in [0, 0.05) is 24.0 Å². The molecule has 2 aromatic carbocycles. The third-order valence-corrected chi connectivity index (χ3v) is 4.57. The number of phenolic OH excluding ortho intramolecular Hbond substituents is 1. The van der Waals surface area contributed by atoms with Crippen LogP contribution in [0, 0.1) is 0 Å². The molecule has 0 saturated heterocycles. The Balaban J connectivity index is 0.00000182. The average Bonchev–Trinajstić information content (AvgIpc) is 3.40. The van der Waals surface area contributed by atoms with Crippen LogP contribution in [0.4, 0.5) is 0 Å². The number of benzene rings is 2. The highest BCUT2D eigenvalue weighted by Gasteiger charge is 2.23. The Kier molecular flexibility index (Phi) is 5.04. The molecule has 0 unspecified atom stereocenters. The van der Waals surface area contributed by atoms with E-state index in [0.29, 0.717) is 23.7 Å². The van der Waals surface area contributed by atoms with Crippen LogP contribution in [0.3, 0.4) is 0 Å². The third-order valence-electron chi connectivity index (χ3n) is 4.29. The van der Waals surface area contributed by atoms with E-state index in [-0.39, 0.29) is 23.2 Å². The summed E-state index contributed by atoms with van der Waals surface area (Å²) in [4.78, 5) is 12.1. The van der Waals surface area contributed by atoms with Gasteiger partial charge in [0.2, 0.25) is 0 Å². The Bertz CT molecular complexity index is 966. The summed E-state index contributed by atoms with van der Waals surface area (Å²) in [5, 5.41) is 14.6. The minimum Gasteiger partial charge on any atom is -0.506 e. The Morgan fingerprint density at radius 3 is 2.60 bits per heavy atom. The van der Waals surface area contributed by atoms with Crippen molar-refractivity contribution in [3.05, 3.63) is 63.5 Å². The highest BCUT2D eigenvalue weighted by atomic mass is 35.5. The van der Waals surface area contributed by atoms with Crippen LogP contribution in [-0.2, 0) is 6.54 Å². The second-order valence-corrected chi connectivity index (χ2v) is 6.47. The lowest BCUT2D eigenvalue weighted by Crippen LogP contribution is -2.16. The van der Waals surface area contributed by atoms with Crippen molar-refractivity contribution < 1.29 is 9.52 Å². The van der Waals surface area contributed by atoms with Gasteiger partial charge in [0.15, 0.2) is 0 Å². The number of halogens is 2. The minimum absolute atomic E-state index is 0. The van der Waals surface area contributed by atoms with Crippen LogP contribution in [0.2, 0.25) is 5.02 Å². The van der Waals surface area contributed by atoms with Crippen LogP contribution in [0.1, 0.15) is 18.4 Å². The topological polar surface area (TPSA) is 62.5 Å². The molecule has 1 fully saturated rings. The molecule has 1 aliphatic rings. The lowest BCUT2D eigenvalue weighted by molar-refractivity contribution is 0.461. The molecule has 1 heterocycles. The van der Waals surface area contributed by atoms with Gasteiger partial charge in [-0.05, 0) is 30.0 Å². The maximum atomic E-state index is 12.1. The summed E-state index contributed by atoms with van der Waals surface area (Å²) < 4.78 is 5.43. The summed E-state index contributed by atoms with van der Waals surface area (Å²) in [6.07, 6.45) is 2.25. The Labute approximate surface area is 155 Å². The van der Waals surface area contributed by atoms with Crippen LogP contribution in [0.25, 0.3) is 22.1 Å². The molecule has 6 heteroatoms. The first-order chi connectivity index (χ1) is 11.6. The molecule has 130 valence electrons. The smallest absolute Gasteiger partial charge is 0.336 e. The number of hydrogen-bond acceptors (Lipinski definition) is 4. The highest BCUT2D eigenvalue weighted by molar-refractivity contribution is 6.33. The highest BCUT2D eigenvalue weighted by Crippen LogP contribution is 2.38. The summed E-state index contributed by atoms with van der Waals surface area (Å²) in [6, 6.07) is 13.2. The molecule has 2 N–H and O–H groups in total. The van der Waals surface area contributed by atoms with Crippen molar-refractivity contribution in [1.29, 1.82) is 0 Å². The zero-order chi connectivity index (χ0) is 16.7. The van der Waals surface area contributed by atoms with E-state index in [9.17, 15) is 9.90 Å².